The molecular formula is C10H22O4. The Balaban J connectivity index is 0.000000292. The fourth-order valence-corrected chi connectivity index (χ4v) is 1.04. The lowest BCUT2D eigenvalue weighted by atomic mass is 10.1. The van der Waals surface area contributed by atoms with Gasteiger partial charge in [-0.2, -0.15) is 0 Å². The number of aliphatic hydroxyl groups is 3. The Morgan fingerprint density at radius 2 is 1.86 bits per heavy atom. The molecule has 0 amide bonds. The zero-order valence-corrected chi connectivity index (χ0v) is 9.23. The third kappa shape index (κ3) is 8.44. The van der Waals surface area contributed by atoms with E-state index in [0.717, 1.165) is 0 Å². The van der Waals surface area contributed by atoms with Crippen LogP contribution < -0.4 is 0 Å². The maximum Gasteiger partial charge on any atom is 0.0856 e. The smallest absolute Gasteiger partial charge is 0.0856 e. The highest BCUT2D eigenvalue weighted by atomic mass is 16.5. The average molecular weight is 206 g/mol. The van der Waals surface area contributed by atoms with Gasteiger partial charge in [0.25, 0.3) is 0 Å². The fourth-order valence-electron chi connectivity index (χ4n) is 1.04. The molecule has 4 nitrogen and oxygen atoms in total. The van der Waals surface area contributed by atoms with Crippen LogP contribution in [0.1, 0.15) is 33.6 Å². The zero-order chi connectivity index (χ0) is 11.2. The molecule has 14 heavy (non-hydrogen) atoms. The third-order valence-corrected chi connectivity index (χ3v) is 1.59. The Morgan fingerprint density at radius 1 is 1.36 bits per heavy atom. The van der Waals surface area contributed by atoms with Gasteiger partial charge in [0.2, 0.25) is 0 Å². The maximum atomic E-state index is 9.08. The highest BCUT2D eigenvalue weighted by Crippen LogP contribution is 2.15. The normalized spacial score (nSPS) is 27.0. The van der Waals surface area contributed by atoms with Gasteiger partial charge in [0.05, 0.1) is 17.8 Å². The molecule has 0 bridgehead atoms. The van der Waals surface area contributed by atoms with Crippen LogP contribution in [-0.2, 0) is 4.74 Å². The van der Waals surface area contributed by atoms with E-state index < -0.39 is 5.60 Å². The molecule has 86 valence electrons. The summed E-state index contributed by atoms with van der Waals surface area (Å²) in [6.07, 6.45) is 0.804. The maximum absolute atomic E-state index is 9.08. The van der Waals surface area contributed by atoms with Gasteiger partial charge < -0.3 is 20.1 Å². The minimum Gasteiger partial charge on any atom is -0.396 e. The third-order valence-electron chi connectivity index (χ3n) is 1.59. The van der Waals surface area contributed by atoms with E-state index in [0.29, 0.717) is 19.4 Å². The van der Waals surface area contributed by atoms with Gasteiger partial charge in [-0.15, -0.1) is 0 Å². The van der Waals surface area contributed by atoms with Crippen molar-refractivity contribution in [1.82, 2.24) is 0 Å². The van der Waals surface area contributed by atoms with Gasteiger partial charge in [-0.25, -0.2) is 0 Å². The molecule has 0 aromatic carbocycles. The summed E-state index contributed by atoms with van der Waals surface area (Å²) in [6, 6.07) is 0. The SMILES string of the molecule is CC(C)(C)O.OCCC1OCCC1O. The molecule has 1 aliphatic heterocycles. The second-order valence-electron chi connectivity index (χ2n) is 4.45. The van der Waals surface area contributed by atoms with Gasteiger partial charge >= 0.3 is 0 Å². The van der Waals surface area contributed by atoms with E-state index in [2.05, 4.69) is 0 Å². The van der Waals surface area contributed by atoms with Crippen LogP contribution in [0.5, 0.6) is 0 Å². The summed E-state index contributed by atoms with van der Waals surface area (Å²) in [7, 11) is 0. The van der Waals surface area contributed by atoms with Crippen LogP contribution in [-0.4, -0.2) is 46.3 Å². The molecule has 0 aliphatic carbocycles. The minimum absolute atomic E-state index is 0.0989. The van der Waals surface area contributed by atoms with Crippen LogP contribution in [0.4, 0.5) is 0 Å². The monoisotopic (exact) mass is 206 g/mol. The van der Waals surface area contributed by atoms with E-state index >= 15 is 0 Å². The van der Waals surface area contributed by atoms with E-state index in [1.807, 2.05) is 0 Å². The molecule has 1 rings (SSSR count). The summed E-state index contributed by atoms with van der Waals surface area (Å²) in [5, 5.41) is 26.1. The van der Waals surface area contributed by atoms with Crippen molar-refractivity contribution in [2.24, 2.45) is 0 Å². The minimum atomic E-state index is -0.500. The predicted octanol–water partition coefficient (Wildman–Crippen LogP) is 0.296. The van der Waals surface area contributed by atoms with Crippen molar-refractivity contribution in [3.63, 3.8) is 0 Å². The number of hydrogen-bond donors (Lipinski definition) is 3. The van der Waals surface area contributed by atoms with Gasteiger partial charge in [0, 0.05) is 13.2 Å². The highest BCUT2D eigenvalue weighted by Gasteiger charge is 2.24. The van der Waals surface area contributed by atoms with Crippen molar-refractivity contribution >= 4 is 0 Å². The number of hydrogen-bond acceptors (Lipinski definition) is 4. The van der Waals surface area contributed by atoms with Gasteiger partial charge in [-0.1, -0.05) is 0 Å². The molecule has 2 unspecified atom stereocenters. The lowest BCUT2D eigenvalue weighted by Crippen LogP contribution is -2.21. The zero-order valence-electron chi connectivity index (χ0n) is 9.23. The summed E-state index contributed by atoms with van der Waals surface area (Å²) in [5.74, 6) is 0. The van der Waals surface area contributed by atoms with E-state index in [1.54, 1.807) is 20.8 Å². The van der Waals surface area contributed by atoms with Crippen LogP contribution >= 0.6 is 0 Å². The number of ether oxygens (including phenoxy) is 1. The standard InChI is InChI=1S/C6H12O3.C4H10O/c7-3-1-6-5(8)2-4-9-6;1-4(2,3)5/h5-8H,1-4H2;5H,1-3H3. The first-order chi connectivity index (χ1) is 6.34. The Labute approximate surface area is 85.5 Å². The molecule has 2 atom stereocenters. The molecule has 1 heterocycles. The van der Waals surface area contributed by atoms with Crippen molar-refractivity contribution in [1.29, 1.82) is 0 Å². The lowest BCUT2D eigenvalue weighted by Gasteiger charge is -2.10. The van der Waals surface area contributed by atoms with Crippen molar-refractivity contribution in [2.75, 3.05) is 13.2 Å². The molecule has 0 saturated carbocycles. The first-order valence-corrected chi connectivity index (χ1v) is 4.97. The number of aliphatic hydroxyl groups excluding tert-OH is 2. The van der Waals surface area contributed by atoms with E-state index in [9.17, 15) is 0 Å². The molecule has 1 fully saturated rings. The lowest BCUT2D eigenvalue weighted by molar-refractivity contribution is 0.0257. The summed E-state index contributed by atoms with van der Waals surface area (Å²) in [4.78, 5) is 0. The van der Waals surface area contributed by atoms with Crippen molar-refractivity contribution in [2.45, 2.75) is 51.4 Å². The van der Waals surface area contributed by atoms with Gasteiger partial charge in [-0.05, 0) is 33.6 Å². The van der Waals surface area contributed by atoms with E-state index in [1.165, 1.54) is 0 Å². The van der Waals surface area contributed by atoms with Gasteiger partial charge in [-0.3, -0.25) is 0 Å². The molecule has 1 aliphatic rings. The Morgan fingerprint density at radius 3 is 2.14 bits per heavy atom. The molecule has 0 aromatic heterocycles. The quantitative estimate of drug-likeness (QED) is 0.607. The second kappa shape index (κ2) is 6.35. The average Bonchev–Trinajstić information content (AvgIpc) is 2.34. The Kier molecular flexibility index (Phi) is 6.27. The molecule has 0 spiro atoms. The topological polar surface area (TPSA) is 69.9 Å². The Hall–Kier alpha value is -0.160. The van der Waals surface area contributed by atoms with Crippen molar-refractivity contribution in [3.05, 3.63) is 0 Å². The van der Waals surface area contributed by atoms with Gasteiger partial charge in [0.15, 0.2) is 0 Å². The predicted molar refractivity (Wildman–Crippen MR) is 54.0 cm³/mol. The first-order valence-electron chi connectivity index (χ1n) is 4.97. The summed E-state index contributed by atoms with van der Waals surface area (Å²) in [5.41, 5.74) is -0.500. The molecule has 3 N–H and O–H groups in total. The second-order valence-corrected chi connectivity index (χ2v) is 4.45. The van der Waals surface area contributed by atoms with Crippen LogP contribution in [0.25, 0.3) is 0 Å². The highest BCUT2D eigenvalue weighted by molar-refractivity contribution is 4.74. The molecule has 1 saturated heterocycles. The molecule has 0 radical (unpaired) electrons. The van der Waals surface area contributed by atoms with Crippen LogP contribution in [0.3, 0.4) is 0 Å². The van der Waals surface area contributed by atoms with E-state index in [4.69, 9.17) is 20.1 Å². The summed E-state index contributed by atoms with van der Waals surface area (Å²) < 4.78 is 5.10. The fraction of sp³-hybridized carbons (Fsp3) is 1.00. The van der Waals surface area contributed by atoms with E-state index in [-0.39, 0.29) is 18.8 Å². The largest absolute Gasteiger partial charge is 0.396 e. The molecule has 0 aromatic rings. The first kappa shape index (κ1) is 13.8. The van der Waals surface area contributed by atoms with Crippen LogP contribution in [0.2, 0.25) is 0 Å². The molecular weight excluding hydrogens is 184 g/mol. The van der Waals surface area contributed by atoms with Crippen LogP contribution in [0.15, 0.2) is 0 Å². The van der Waals surface area contributed by atoms with Crippen molar-refractivity contribution < 1.29 is 20.1 Å². The molecule has 4 heteroatoms. The number of rotatable bonds is 2. The van der Waals surface area contributed by atoms with Gasteiger partial charge in [0.1, 0.15) is 0 Å². The van der Waals surface area contributed by atoms with Crippen molar-refractivity contribution in [3.8, 4) is 0 Å². The Bertz CT molecular complexity index is 136. The summed E-state index contributed by atoms with van der Waals surface area (Å²) in [6.45, 7) is 5.96. The summed E-state index contributed by atoms with van der Waals surface area (Å²) >= 11 is 0. The van der Waals surface area contributed by atoms with Crippen LogP contribution in [0, 0.1) is 0 Å².